The van der Waals surface area contributed by atoms with E-state index in [4.69, 9.17) is 14.7 Å². The highest BCUT2D eigenvalue weighted by Crippen LogP contribution is 2.21. The summed E-state index contributed by atoms with van der Waals surface area (Å²) >= 11 is 0. The minimum Gasteiger partial charge on any atom is -0.482 e. The van der Waals surface area contributed by atoms with E-state index in [2.05, 4.69) is 5.32 Å². The Bertz CT molecular complexity index is 561. The molecule has 1 aromatic rings. The van der Waals surface area contributed by atoms with E-state index in [-0.39, 0.29) is 6.61 Å². The fraction of sp³-hybridized carbons (Fsp3) is 0.400. The van der Waals surface area contributed by atoms with Gasteiger partial charge in [0.1, 0.15) is 11.2 Å². The maximum absolute atomic E-state index is 11.9. The third kappa shape index (κ3) is 5.15. The first kappa shape index (κ1) is 16.5. The second-order valence-electron chi connectivity index (χ2n) is 4.81. The molecular formula is C15H18N2O4. The largest absolute Gasteiger partial charge is 0.482 e. The van der Waals surface area contributed by atoms with E-state index in [0.717, 1.165) is 0 Å². The van der Waals surface area contributed by atoms with Gasteiger partial charge in [-0.1, -0.05) is 6.07 Å². The standard InChI is InChI=1S/C15H18N2O4/c1-4-20-13(18)9-21-12-7-5-6-11(8-12)17-14(19)15(2,3)10-16/h5-8H,4,9H2,1-3H3,(H,17,19). The number of nitrogens with one attached hydrogen (secondary N) is 1. The second-order valence-corrected chi connectivity index (χ2v) is 4.81. The third-order valence-electron chi connectivity index (χ3n) is 2.60. The van der Waals surface area contributed by atoms with Gasteiger partial charge in [-0.05, 0) is 32.9 Å². The zero-order valence-electron chi connectivity index (χ0n) is 12.3. The van der Waals surface area contributed by atoms with Gasteiger partial charge in [0.05, 0.1) is 12.7 Å². The fourth-order valence-corrected chi connectivity index (χ4v) is 1.35. The van der Waals surface area contributed by atoms with Crippen molar-refractivity contribution in [2.24, 2.45) is 5.41 Å². The van der Waals surface area contributed by atoms with Gasteiger partial charge in [-0.2, -0.15) is 5.26 Å². The molecule has 0 saturated heterocycles. The Kier molecular flexibility index (Phi) is 5.73. The topological polar surface area (TPSA) is 88.4 Å². The first-order chi connectivity index (χ1) is 9.89. The van der Waals surface area contributed by atoms with Crippen LogP contribution in [0.2, 0.25) is 0 Å². The molecule has 0 aliphatic heterocycles. The summed E-state index contributed by atoms with van der Waals surface area (Å²) in [7, 11) is 0. The van der Waals surface area contributed by atoms with Crippen molar-refractivity contribution in [3.8, 4) is 11.8 Å². The van der Waals surface area contributed by atoms with Gasteiger partial charge in [0.15, 0.2) is 6.61 Å². The number of benzene rings is 1. The molecule has 0 aliphatic rings. The number of rotatable bonds is 6. The number of anilines is 1. The summed E-state index contributed by atoms with van der Waals surface area (Å²) in [4.78, 5) is 23.1. The molecule has 6 nitrogen and oxygen atoms in total. The van der Waals surface area contributed by atoms with Gasteiger partial charge in [0.25, 0.3) is 0 Å². The predicted octanol–water partition coefficient (Wildman–Crippen LogP) is 2.12. The average Bonchev–Trinajstić information content (AvgIpc) is 2.46. The normalized spacial score (nSPS) is 10.4. The predicted molar refractivity (Wildman–Crippen MR) is 76.6 cm³/mol. The van der Waals surface area contributed by atoms with Crippen molar-refractivity contribution in [3.05, 3.63) is 24.3 Å². The number of esters is 1. The van der Waals surface area contributed by atoms with Crippen LogP contribution in [0, 0.1) is 16.7 Å². The van der Waals surface area contributed by atoms with Crippen LogP contribution in [0.4, 0.5) is 5.69 Å². The van der Waals surface area contributed by atoms with E-state index in [0.29, 0.717) is 18.0 Å². The zero-order valence-corrected chi connectivity index (χ0v) is 12.3. The fourth-order valence-electron chi connectivity index (χ4n) is 1.35. The van der Waals surface area contributed by atoms with Crippen LogP contribution in [0.5, 0.6) is 5.75 Å². The molecule has 0 heterocycles. The van der Waals surface area contributed by atoms with Gasteiger partial charge in [0.2, 0.25) is 5.91 Å². The van der Waals surface area contributed by atoms with Crippen molar-refractivity contribution in [2.75, 3.05) is 18.5 Å². The van der Waals surface area contributed by atoms with E-state index in [1.807, 2.05) is 6.07 Å². The van der Waals surface area contributed by atoms with E-state index in [9.17, 15) is 9.59 Å². The quantitative estimate of drug-likeness (QED) is 0.811. The monoisotopic (exact) mass is 290 g/mol. The molecule has 21 heavy (non-hydrogen) atoms. The van der Waals surface area contributed by atoms with E-state index >= 15 is 0 Å². The molecule has 0 atom stereocenters. The van der Waals surface area contributed by atoms with Crippen LogP contribution >= 0.6 is 0 Å². The van der Waals surface area contributed by atoms with Gasteiger partial charge in [-0.3, -0.25) is 4.79 Å². The number of carbonyl (C=O) groups excluding carboxylic acids is 2. The Balaban J connectivity index is 2.67. The molecule has 0 spiro atoms. The Morgan fingerprint density at radius 2 is 2.10 bits per heavy atom. The molecule has 0 saturated carbocycles. The number of hydrogen-bond donors (Lipinski definition) is 1. The van der Waals surface area contributed by atoms with Crippen LogP contribution in [0.3, 0.4) is 0 Å². The lowest BCUT2D eigenvalue weighted by molar-refractivity contribution is -0.145. The summed E-state index contributed by atoms with van der Waals surface area (Å²) in [6.07, 6.45) is 0. The number of amides is 1. The molecule has 0 unspecified atom stereocenters. The van der Waals surface area contributed by atoms with Crippen LogP contribution in [-0.4, -0.2) is 25.1 Å². The molecule has 112 valence electrons. The maximum atomic E-state index is 11.9. The second kappa shape index (κ2) is 7.29. The molecule has 0 aliphatic carbocycles. The van der Waals surface area contributed by atoms with Crippen molar-refractivity contribution in [1.29, 1.82) is 5.26 Å². The lowest BCUT2D eigenvalue weighted by Crippen LogP contribution is -2.29. The van der Waals surface area contributed by atoms with Gasteiger partial charge in [-0.25, -0.2) is 4.79 Å². The van der Waals surface area contributed by atoms with Gasteiger partial charge in [-0.15, -0.1) is 0 Å². The van der Waals surface area contributed by atoms with Crippen molar-refractivity contribution in [2.45, 2.75) is 20.8 Å². The molecule has 0 bridgehead atoms. The van der Waals surface area contributed by atoms with Crippen LogP contribution in [0.1, 0.15) is 20.8 Å². The van der Waals surface area contributed by atoms with Crippen LogP contribution in [-0.2, 0) is 14.3 Å². The Hall–Kier alpha value is -2.55. The van der Waals surface area contributed by atoms with Crippen molar-refractivity contribution in [1.82, 2.24) is 0 Å². The van der Waals surface area contributed by atoms with Gasteiger partial charge in [0, 0.05) is 11.8 Å². The summed E-state index contributed by atoms with van der Waals surface area (Å²) in [5.41, 5.74) is -0.633. The van der Waals surface area contributed by atoms with E-state index in [1.54, 1.807) is 31.2 Å². The smallest absolute Gasteiger partial charge is 0.344 e. The Morgan fingerprint density at radius 3 is 2.71 bits per heavy atom. The molecule has 1 N–H and O–H groups in total. The van der Waals surface area contributed by atoms with Gasteiger partial charge < -0.3 is 14.8 Å². The molecule has 1 rings (SSSR count). The summed E-state index contributed by atoms with van der Waals surface area (Å²) in [5, 5.41) is 11.5. The average molecular weight is 290 g/mol. The zero-order chi connectivity index (χ0) is 15.9. The molecule has 1 amide bonds. The summed E-state index contributed by atoms with van der Waals surface area (Å²) in [6.45, 7) is 4.87. The summed E-state index contributed by atoms with van der Waals surface area (Å²) in [6, 6.07) is 8.50. The Morgan fingerprint density at radius 1 is 1.38 bits per heavy atom. The first-order valence-corrected chi connectivity index (χ1v) is 6.50. The number of nitrogens with zero attached hydrogens (tertiary/aromatic N) is 1. The van der Waals surface area contributed by atoms with Crippen molar-refractivity contribution in [3.63, 3.8) is 0 Å². The summed E-state index contributed by atoms with van der Waals surface area (Å²) in [5.74, 6) is -0.444. The lowest BCUT2D eigenvalue weighted by Gasteiger charge is -2.15. The molecule has 1 aromatic carbocycles. The highest BCUT2D eigenvalue weighted by molar-refractivity contribution is 5.96. The minimum atomic E-state index is -1.12. The molecular weight excluding hydrogens is 272 g/mol. The molecule has 6 heteroatoms. The highest BCUT2D eigenvalue weighted by atomic mass is 16.6. The highest BCUT2D eigenvalue weighted by Gasteiger charge is 2.27. The van der Waals surface area contributed by atoms with Crippen LogP contribution < -0.4 is 10.1 Å². The van der Waals surface area contributed by atoms with Crippen molar-refractivity contribution >= 4 is 17.6 Å². The van der Waals surface area contributed by atoms with E-state index < -0.39 is 17.3 Å². The number of ether oxygens (including phenoxy) is 2. The van der Waals surface area contributed by atoms with Gasteiger partial charge >= 0.3 is 5.97 Å². The lowest BCUT2D eigenvalue weighted by atomic mass is 9.94. The number of carbonyl (C=O) groups is 2. The van der Waals surface area contributed by atoms with Crippen LogP contribution in [0.15, 0.2) is 24.3 Å². The van der Waals surface area contributed by atoms with Crippen LogP contribution in [0.25, 0.3) is 0 Å². The SMILES string of the molecule is CCOC(=O)COc1cccc(NC(=O)C(C)(C)C#N)c1. The molecule has 0 fully saturated rings. The number of nitriles is 1. The van der Waals surface area contributed by atoms with Crippen molar-refractivity contribution < 1.29 is 19.1 Å². The molecule has 0 radical (unpaired) electrons. The van der Waals surface area contributed by atoms with E-state index in [1.165, 1.54) is 13.8 Å². The third-order valence-corrected chi connectivity index (χ3v) is 2.60. The maximum Gasteiger partial charge on any atom is 0.344 e. The summed E-state index contributed by atoms with van der Waals surface area (Å²) < 4.78 is 10.0. The Labute approximate surface area is 123 Å². The minimum absolute atomic E-state index is 0.199. The molecule has 0 aromatic heterocycles. The first-order valence-electron chi connectivity index (χ1n) is 6.50. The number of hydrogen-bond acceptors (Lipinski definition) is 5.